The smallest absolute Gasteiger partial charge is 0.216 e. The minimum absolute atomic E-state index is 0.0429. The molecule has 0 bridgehead atoms. The van der Waals surface area contributed by atoms with Crippen molar-refractivity contribution in [3.05, 3.63) is 64.4 Å². The SMILES string of the molecule is CC(=O)NCCCCCc1nc2ccccc2n1Cc1ccc(Br)cc1. The summed E-state index contributed by atoms with van der Waals surface area (Å²) in [6, 6.07) is 16.8. The van der Waals surface area contributed by atoms with Crippen molar-refractivity contribution in [2.45, 2.75) is 39.2 Å². The molecular formula is C21H24BrN3O. The molecule has 3 aromatic rings. The van der Waals surface area contributed by atoms with E-state index in [0.29, 0.717) is 0 Å². The van der Waals surface area contributed by atoms with Gasteiger partial charge in [-0.2, -0.15) is 0 Å². The zero-order chi connectivity index (χ0) is 18.4. The largest absolute Gasteiger partial charge is 0.356 e. The van der Waals surface area contributed by atoms with E-state index in [1.165, 1.54) is 11.1 Å². The molecule has 0 saturated carbocycles. The van der Waals surface area contributed by atoms with Crippen molar-refractivity contribution in [2.24, 2.45) is 0 Å². The maximum atomic E-state index is 10.9. The van der Waals surface area contributed by atoms with Gasteiger partial charge in [-0.1, -0.05) is 46.6 Å². The zero-order valence-electron chi connectivity index (χ0n) is 15.0. The summed E-state index contributed by atoms with van der Waals surface area (Å²) in [5.74, 6) is 1.18. The number of benzene rings is 2. The van der Waals surface area contributed by atoms with Gasteiger partial charge in [-0.05, 0) is 42.7 Å². The number of aromatic nitrogens is 2. The van der Waals surface area contributed by atoms with Crippen molar-refractivity contribution in [1.29, 1.82) is 0 Å². The number of nitrogens with one attached hydrogen (secondary N) is 1. The summed E-state index contributed by atoms with van der Waals surface area (Å²) in [7, 11) is 0. The lowest BCUT2D eigenvalue weighted by Crippen LogP contribution is -2.20. The van der Waals surface area contributed by atoms with Gasteiger partial charge in [-0.25, -0.2) is 4.98 Å². The van der Waals surface area contributed by atoms with Crippen LogP contribution in [0.3, 0.4) is 0 Å². The van der Waals surface area contributed by atoms with E-state index in [1.54, 1.807) is 6.92 Å². The van der Waals surface area contributed by atoms with Crippen LogP contribution in [0.5, 0.6) is 0 Å². The number of fused-ring (bicyclic) bond motifs is 1. The Balaban J connectivity index is 1.70. The average molecular weight is 414 g/mol. The summed E-state index contributed by atoms with van der Waals surface area (Å²) in [5.41, 5.74) is 3.50. The highest BCUT2D eigenvalue weighted by Gasteiger charge is 2.10. The van der Waals surface area contributed by atoms with Crippen molar-refractivity contribution in [2.75, 3.05) is 6.54 Å². The molecule has 26 heavy (non-hydrogen) atoms. The Hall–Kier alpha value is -2.14. The van der Waals surface area contributed by atoms with Crippen molar-refractivity contribution >= 4 is 32.9 Å². The van der Waals surface area contributed by atoms with Crippen LogP contribution in [0.4, 0.5) is 0 Å². The Morgan fingerprint density at radius 2 is 1.85 bits per heavy atom. The number of imidazole rings is 1. The Bertz CT molecular complexity index is 871. The van der Waals surface area contributed by atoms with Gasteiger partial charge < -0.3 is 9.88 Å². The van der Waals surface area contributed by atoms with E-state index < -0.39 is 0 Å². The highest BCUT2D eigenvalue weighted by Crippen LogP contribution is 2.20. The summed E-state index contributed by atoms with van der Waals surface area (Å²) in [6.45, 7) is 3.14. The van der Waals surface area contributed by atoms with E-state index in [4.69, 9.17) is 4.98 Å². The van der Waals surface area contributed by atoms with Crippen LogP contribution in [-0.2, 0) is 17.8 Å². The Morgan fingerprint density at radius 3 is 2.62 bits per heavy atom. The highest BCUT2D eigenvalue weighted by molar-refractivity contribution is 9.10. The predicted octanol–water partition coefficient (Wildman–Crippen LogP) is 4.70. The molecule has 1 heterocycles. The normalized spacial score (nSPS) is 11.0. The molecule has 4 nitrogen and oxygen atoms in total. The number of halogens is 1. The molecular weight excluding hydrogens is 390 g/mol. The topological polar surface area (TPSA) is 46.9 Å². The van der Waals surface area contributed by atoms with Crippen molar-refractivity contribution in [3.8, 4) is 0 Å². The molecule has 1 amide bonds. The first-order valence-electron chi connectivity index (χ1n) is 9.06. The van der Waals surface area contributed by atoms with Crippen LogP contribution >= 0.6 is 15.9 Å². The molecule has 0 saturated heterocycles. The van der Waals surface area contributed by atoms with E-state index in [0.717, 1.165) is 54.6 Å². The number of para-hydroxylation sites is 2. The third-order valence-corrected chi connectivity index (χ3v) is 4.97. The summed E-state index contributed by atoms with van der Waals surface area (Å²) >= 11 is 3.50. The second-order valence-electron chi connectivity index (χ2n) is 6.52. The molecule has 0 spiro atoms. The predicted molar refractivity (Wildman–Crippen MR) is 109 cm³/mol. The monoisotopic (exact) mass is 413 g/mol. The molecule has 2 aromatic carbocycles. The Kier molecular flexibility index (Phi) is 6.45. The van der Waals surface area contributed by atoms with Crippen LogP contribution in [0.15, 0.2) is 53.0 Å². The van der Waals surface area contributed by atoms with Gasteiger partial charge in [0.05, 0.1) is 11.0 Å². The number of amides is 1. The van der Waals surface area contributed by atoms with Gasteiger partial charge in [-0.3, -0.25) is 4.79 Å². The Labute approximate surface area is 162 Å². The number of carbonyl (C=O) groups is 1. The van der Waals surface area contributed by atoms with Crippen LogP contribution in [0, 0.1) is 0 Å². The lowest BCUT2D eigenvalue weighted by atomic mass is 10.1. The molecule has 0 aliphatic heterocycles. The number of nitrogens with zero attached hydrogens (tertiary/aromatic N) is 2. The molecule has 0 radical (unpaired) electrons. The number of aryl methyl sites for hydroxylation is 1. The Morgan fingerprint density at radius 1 is 1.08 bits per heavy atom. The van der Waals surface area contributed by atoms with Gasteiger partial charge in [0.2, 0.25) is 5.91 Å². The molecule has 0 unspecified atom stereocenters. The number of rotatable bonds is 8. The molecule has 1 N–H and O–H groups in total. The summed E-state index contributed by atoms with van der Waals surface area (Å²) in [5, 5.41) is 2.85. The van der Waals surface area contributed by atoms with Gasteiger partial charge in [0.25, 0.3) is 0 Å². The molecule has 0 atom stereocenters. The van der Waals surface area contributed by atoms with Gasteiger partial charge in [0.1, 0.15) is 5.82 Å². The number of carbonyl (C=O) groups excluding carboxylic acids is 1. The van der Waals surface area contributed by atoms with Gasteiger partial charge in [0, 0.05) is 30.9 Å². The average Bonchev–Trinajstić information content (AvgIpc) is 2.97. The zero-order valence-corrected chi connectivity index (χ0v) is 16.6. The fourth-order valence-electron chi connectivity index (χ4n) is 3.11. The van der Waals surface area contributed by atoms with E-state index >= 15 is 0 Å². The number of hydrogen-bond donors (Lipinski definition) is 1. The maximum Gasteiger partial charge on any atom is 0.216 e. The minimum atomic E-state index is 0.0429. The summed E-state index contributed by atoms with van der Waals surface area (Å²) in [4.78, 5) is 15.8. The number of hydrogen-bond acceptors (Lipinski definition) is 2. The maximum absolute atomic E-state index is 10.9. The molecule has 0 fully saturated rings. The first-order valence-corrected chi connectivity index (χ1v) is 9.86. The van der Waals surface area contributed by atoms with Crippen LogP contribution in [0.1, 0.15) is 37.6 Å². The van der Waals surface area contributed by atoms with E-state index in [1.807, 2.05) is 6.07 Å². The van der Waals surface area contributed by atoms with Gasteiger partial charge >= 0.3 is 0 Å². The molecule has 136 valence electrons. The summed E-state index contributed by atoms with van der Waals surface area (Å²) in [6.07, 6.45) is 4.11. The number of unbranched alkanes of at least 4 members (excludes halogenated alkanes) is 2. The minimum Gasteiger partial charge on any atom is -0.356 e. The van der Waals surface area contributed by atoms with Gasteiger partial charge in [0.15, 0.2) is 0 Å². The molecule has 0 aliphatic rings. The van der Waals surface area contributed by atoms with Crippen molar-refractivity contribution in [3.63, 3.8) is 0 Å². The molecule has 3 rings (SSSR count). The van der Waals surface area contributed by atoms with Crippen molar-refractivity contribution < 1.29 is 4.79 Å². The second kappa shape index (κ2) is 8.99. The standard InChI is InChI=1S/C21H24BrN3O/c1-16(26)23-14-6-2-3-9-21-24-19-7-4-5-8-20(19)25(21)15-17-10-12-18(22)13-11-17/h4-5,7-8,10-13H,2-3,6,9,14-15H2,1H3,(H,23,26). The van der Waals surface area contributed by atoms with Crippen LogP contribution in [0.25, 0.3) is 11.0 Å². The second-order valence-corrected chi connectivity index (χ2v) is 7.44. The first kappa shape index (κ1) is 18.6. The van der Waals surface area contributed by atoms with Crippen LogP contribution < -0.4 is 5.32 Å². The fourth-order valence-corrected chi connectivity index (χ4v) is 3.38. The fraction of sp³-hybridized carbons (Fsp3) is 0.333. The third-order valence-electron chi connectivity index (χ3n) is 4.44. The highest BCUT2D eigenvalue weighted by atomic mass is 79.9. The molecule has 0 aliphatic carbocycles. The van der Waals surface area contributed by atoms with E-state index in [2.05, 4.69) is 68.3 Å². The lowest BCUT2D eigenvalue weighted by Gasteiger charge is -2.10. The van der Waals surface area contributed by atoms with Gasteiger partial charge in [-0.15, -0.1) is 0 Å². The van der Waals surface area contributed by atoms with E-state index in [9.17, 15) is 4.79 Å². The summed E-state index contributed by atoms with van der Waals surface area (Å²) < 4.78 is 3.42. The van der Waals surface area contributed by atoms with Crippen LogP contribution in [0.2, 0.25) is 0 Å². The quantitative estimate of drug-likeness (QED) is 0.544. The van der Waals surface area contributed by atoms with E-state index in [-0.39, 0.29) is 5.91 Å². The molecule has 1 aromatic heterocycles. The first-order chi connectivity index (χ1) is 12.6. The third kappa shape index (κ3) is 4.94. The molecule has 5 heteroatoms. The van der Waals surface area contributed by atoms with Crippen molar-refractivity contribution in [1.82, 2.24) is 14.9 Å². The van der Waals surface area contributed by atoms with Crippen LogP contribution in [-0.4, -0.2) is 22.0 Å². The lowest BCUT2D eigenvalue weighted by molar-refractivity contribution is -0.118.